The van der Waals surface area contributed by atoms with Crippen LogP contribution in [-0.2, 0) is 13.0 Å². The smallest absolute Gasteiger partial charge is 0.161 e. The van der Waals surface area contributed by atoms with Crippen LogP contribution in [-0.4, -0.2) is 28.2 Å². The van der Waals surface area contributed by atoms with E-state index in [1.807, 2.05) is 83.7 Å². The maximum absolute atomic E-state index is 5.17. The minimum atomic E-state index is 0.414. The van der Waals surface area contributed by atoms with Crippen LogP contribution in [0.4, 0.5) is 0 Å². The zero-order valence-electron chi connectivity index (χ0n) is 44.2. The number of thioether (sulfide) groups is 1. The van der Waals surface area contributed by atoms with Gasteiger partial charge < -0.3 is 4.57 Å². The van der Waals surface area contributed by atoms with Crippen LogP contribution in [0.1, 0.15) is 99.5 Å². The maximum Gasteiger partial charge on any atom is 0.161 e. The molecule has 73 heavy (non-hydrogen) atoms. The molecular weight excluding hydrogens is 905 g/mol. The minimum absolute atomic E-state index is 0.414. The zero-order valence-corrected chi connectivity index (χ0v) is 45.0. The Morgan fingerprint density at radius 1 is 0.630 bits per heavy atom. The number of hydrogen-bond donors (Lipinski definition) is 0. The van der Waals surface area contributed by atoms with E-state index in [0.717, 1.165) is 46.4 Å². The molecule has 0 saturated heterocycles. The van der Waals surface area contributed by atoms with Crippen LogP contribution in [0, 0.1) is 13.8 Å². The zero-order chi connectivity index (χ0) is 51.7. The van der Waals surface area contributed by atoms with Gasteiger partial charge in [-0.2, -0.15) is 0 Å². The van der Waals surface area contributed by atoms with E-state index in [-0.39, 0.29) is 0 Å². The van der Waals surface area contributed by atoms with Gasteiger partial charge in [0.2, 0.25) is 0 Å². The summed E-state index contributed by atoms with van der Waals surface area (Å²) < 4.78 is 2.39. The number of aliphatic imine (C=N–C) groups is 3. The summed E-state index contributed by atoms with van der Waals surface area (Å²) in [5.74, 6) is 1.13. The molecule has 0 fully saturated rings. The standard InChI is InChI=1S/C60H50N4S.C4H8.2C2H6/c1-5-18-51-41(3)64(57-54(30-17-32-56(51)57)45-23-15-24-46(36-45)55-31-14-19-40(2)58(55)65-50-27-10-7-11-28-50)49-26-16-25-47(38-49)59(61-4)63-60(43-20-8-6-9-21-43)62-39-42-33-34-53-48(35-42)37-44-22-12-13-29-52(44)53;1-3-4-2;2*1-2/h5-27,29-36,38,50H,4,28,37,39H2,1-3H3;3-4H,1-2H3;2*1-2H3/b18-5-,62-60?,63-59?;4-3-;;. The van der Waals surface area contributed by atoms with Gasteiger partial charge >= 0.3 is 0 Å². The van der Waals surface area contributed by atoms with E-state index >= 15 is 0 Å². The van der Waals surface area contributed by atoms with Gasteiger partial charge in [-0.05, 0) is 122 Å². The van der Waals surface area contributed by atoms with Gasteiger partial charge in [0.15, 0.2) is 11.7 Å². The fraction of sp³-hybridized carbons (Fsp3) is 0.191. The SMILES string of the molecule is C/C=C\C.C=NC(=NC(=NCc1ccc2c(c1)Cc1ccccc1-2)c1ccccc1)c1cccc(-n2c(C)c(/C=C\C)c3cccc(-c4cccc(-c5cccc(C)c5SC5C=CC=CC5)c4)c32)c1.CC.CC. The monoisotopic (exact) mass is 975 g/mol. The van der Waals surface area contributed by atoms with E-state index in [2.05, 4.69) is 213 Å². The number of nitrogens with zero attached hydrogens (tertiary/aromatic N) is 4. The number of rotatable bonds is 10. The molecule has 0 radical (unpaired) electrons. The highest BCUT2D eigenvalue weighted by Crippen LogP contribution is 2.42. The molecule has 4 nitrogen and oxygen atoms in total. The Labute approximate surface area is 440 Å². The number of fused-ring (bicyclic) bond motifs is 4. The van der Waals surface area contributed by atoms with Crippen molar-refractivity contribution in [2.75, 3.05) is 0 Å². The van der Waals surface area contributed by atoms with Crippen molar-refractivity contribution in [1.82, 2.24) is 4.57 Å². The van der Waals surface area contributed by atoms with Gasteiger partial charge in [0, 0.05) is 49.2 Å². The summed E-state index contributed by atoms with van der Waals surface area (Å²) in [6.45, 7) is 23.1. The average Bonchev–Trinajstić information content (AvgIpc) is 3.96. The van der Waals surface area contributed by atoms with E-state index in [4.69, 9.17) is 9.98 Å². The lowest BCUT2D eigenvalue weighted by Gasteiger charge is -2.18. The quantitative estimate of drug-likeness (QED) is 0.0765. The van der Waals surface area contributed by atoms with E-state index in [1.54, 1.807) is 0 Å². The van der Waals surface area contributed by atoms with E-state index < -0.39 is 0 Å². The molecule has 2 aliphatic rings. The summed E-state index contributed by atoms with van der Waals surface area (Å²) in [6.07, 6.45) is 19.2. The topological polar surface area (TPSA) is 42.0 Å². The third-order valence-corrected chi connectivity index (χ3v) is 14.3. The third-order valence-electron chi connectivity index (χ3n) is 12.9. The average molecular weight is 975 g/mol. The Morgan fingerprint density at radius 3 is 2.04 bits per heavy atom. The summed E-state index contributed by atoms with van der Waals surface area (Å²) in [7, 11) is 0. The van der Waals surface area contributed by atoms with Crippen molar-refractivity contribution in [3.8, 4) is 39.1 Å². The fourth-order valence-corrected chi connectivity index (χ4v) is 10.7. The van der Waals surface area contributed by atoms with Gasteiger partial charge in [-0.15, -0.1) is 11.8 Å². The summed E-state index contributed by atoms with van der Waals surface area (Å²) in [5.41, 5.74) is 18.9. The Hall–Kier alpha value is -7.60. The van der Waals surface area contributed by atoms with Crippen LogP contribution in [0.2, 0.25) is 0 Å². The van der Waals surface area contributed by atoms with Gasteiger partial charge in [0.25, 0.3) is 0 Å². The Morgan fingerprint density at radius 2 is 1.30 bits per heavy atom. The van der Waals surface area contributed by atoms with Gasteiger partial charge in [0.05, 0.1) is 12.1 Å². The van der Waals surface area contributed by atoms with Gasteiger partial charge in [0.1, 0.15) is 0 Å². The number of amidine groups is 2. The second-order valence-electron chi connectivity index (χ2n) is 17.4. The van der Waals surface area contributed by atoms with Crippen molar-refractivity contribution in [2.45, 2.75) is 91.8 Å². The lowest BCUT2D eigenvalue weighted by molar-refractivity contribution is 1.05. The molecular formula is C68H70N4S. The van der Waals surface area contributed by atoms with Crippen molar-refractivity contribution in [2.24, 2.45) is 15.0 Å². The highest BCUT2D eigenvalue weighted by Gasteiger charge is 2.21. The first-order chi connectivity index (χ1) is 35.9. The number of hydrogen-bond acceptors (Lipinski definition) is 2. The second kappa shape index (κ2) is 26.2. The van der Waals surface area contributed by atoms with Crippen LogP contribution in [0.15, 0.2) is 220 Å². The van der Waals surface area contributed by atoms with Crippen LogP contribution in [0.25, 0.3) is 56.0 Å². The molecule has 1 aromatic heterocycles. The Kier molecular flexibility index (Phi) is 19.1. The summed E-state index contributed by atoms with van der Waals surface area (Å²) in [5, 5.41) is 1.61. The van der Waals surface area contributed by atoms with Gasteiger partial charge in [-0.25, -0.2) is 9.98 Å². The molecule has 0 saturated carbocycles. The molecule has 2 aliphatic carbocycles. The predicted molar refractivity (Wildman–Crippen MR) is 322 cm³/mol. The molecule has 1 atom stereocenters. The lowest BCUT2D eigenvalue weighted by Crippen LogP contribution is -2.07. The highest BCUT2D eigenvalue weighted by molar-refractivity contribution is 8.00. The summed E-state index contributed by atoms with van der Waals surface area (Å²) in [4.78, 5) is 16.2. The van der Waals surface area contributed by atoms with Crippen molar-refractivity contribution >= 4 is 47.1 Å². The van der Waals surface area contributed by atoms with Gasteiger partial charge in [-0.1, -0.05) is 216 Å². The maximum atomic E-state index is 5.17. The van der Waals surface area contributed by atoms with Crippen molar-refractivity contribution < 1.29 is 0 Å². The van der Waals surface area contributed by atoms with E-state index in [1.165, 1.54) is 65.9 Å². The molecule has 368 valence electrons. The minimum Gasteiger partial charge on any atom is -0.313 e. The molecule has 7 aromatic carbocycles. The van der Waals surface area contributed by atoms with Crippen LogP contribution in [0.5, 0.6) is 0 Å². The van der Waals surface area contributed by atoms with E-state index in [0.29, 0.717) is 23.5 Å². The molecule has 0 bridgehead atoms. The molecule has 8 aromatic rings. The Bertz CT molecular complexity index is 3350. The first kappa shape index (κ1) is 53.2. The number of aromatic nitrogens is 1. The second-order valence-corrected chi connectivity index (χ2v) is 18.7. The number of benzene rings is 7. The van der Waals surface area contributed by atoms with Crippen LogP contribution in [0.3, 0.4) is 0 Å². The fourth-order valence-electron chi connectivity index (χ4n) is 9.42. The van der Waals surface area contributed by atoms with Crippen LogP contribution < -0.4 is 0 Å². The molecule has 10 rings (SSSR count). The summed E-state index contributed by atoms with van der Waals surface area (Å²) in [6, 6.07) is 56.5. The first-order valence-corrected chi connectivity index (χ1v) is 26.8. The normalized spacial score (nSPS) is 13.7. The first-order valence-electron chi connectivity index (χ1n) is 25.9. The lowest BCUT2D eigenvalue weighted by atomic mass is 9.96. The van der Waals surface area contributed by atoms with E-state index in [9.17, 15) is 0 Å². The molecule has 5 heteroatoms. The largest absolute Gasteiger partial charge is 0.313 e. The number of allylic oxidation sites excluding steroid dienone is 6. The molecule has 1 unspecified atom stereocenters. The summed E-state index contributed by atoms with van der Waals surface area (Å²) >= 11 is 1.96. The molecule has 0 spiro atoms. The van der Waals surface area contributed by atoms with Crippen LogP contribution >= 0.6 is 11.8 Å². The molecule has 0 aliphatic heterocycles. The molecule has 1 heterocycles. The number of aryl methyl sites for hydroxylation is 1. The number of para-hydroxylation sites is 1. The Balaban J connectivity index is 0.000000921. The third kappa shape index (κ3) is 12.2. The van der Waals surface area contributed by atoms with Crippen molar-refractivity contribution in [3.05, 3.63) is 245 Å². The van der Waals surface area contributed by atoms with Crippen molar-refractivity contribution in [1.29, 1.82) is 0 Å². The molecule has 0 amide bonds. The van der Waals surface area contributed by atoms with Crippen molar-refractivity contribution in [3.63, 3.8) is 0 Å². The highest BCUT2D eigenvalue weighted by atomic mass is 32.2. The predicted octanol–water partition coefficient (Wildman–Crippen LogP) is 18.9. The molecule has 0 N–H and O–H groups in total. The van der Waals surface area contributed by atoms with Gasteiger partial charge in [-0.3, -0.25) is 4.99 Å².